The van der Waals surface area contributed by atoms with Crippen LogP contribution in [0.1, 0.15) is 56.3 Å². The van der Waals surface area contributed by atoms with E-state index in [-0.39, 0.29) is 0 Å². The van der Waals surface area contributed by atoms with Crippen LogP contribution in [0, 0.1) is 0 Å². The molecule has 0 aromatic carbocycles. The van der Waals surface area contributed by atoms with E-state index in [9.17, 15) is 0 Å². The van der Waals surface area contributed by atoms with Crippen molar-refractivity contribution in [1.29, 1.82) is 0 Å². The van der Waals surface area contributed by atoms with Crippen molar-refractivity contribution < 1.29 is 0 Å². The van der Waals surface area contributed by atoms with E-state index in [4.69, 9.17) is 0 Å². The molecule has 13 heavy (non-hydrogen) atoms. The summed E-state index contributed by atoms with van der Waals surface area (Å²) in [6.45, 7) is 2.16. The first kappa shape index (κ1) is 8.79. The van der Waals surface area contributed by atoms with E-state index in [0.29, 0.717) is 0 Å². The molecule has 0 spiro atoms. The minimum atomic E-state index is 0.741. The Labute approximate surface area is 79.7 Å². The van der Waals surface area contributed by atoms with Gasteiger partial charge in [-0.2, -0.15) is 5.10 Å². The first-order chi connectivity index (χ1) is 6.40. The molecule has 2 nitrogen and oxygen atoms in total. The highest BCUT2D eigenvalue weighted by atomic mass is 15.1. The van der Waals surface area contributed by atoms with E-state index >= 15 is 0 Å². The Kier molecular flexibility index (Phi) is 2.67. The molecular weight excluding hydrogens is 160 g/mol. The van der Waals surface area contributed by atoms with Gasteiger partial charge in [0.05, 0.1) is 5.69 Å². The Morgan fingerprint density at radius 2 is 2.15 bits per heavy atom. The molecule has 2 rings (SSSR count). The van der Waals surface area contributed by atoms with Gasteiger partial charge in [-0.15, -0.1) is 0 Å². The van der Waals surface area contributed by atoms with Crippen LogP contribution in [-0.4, -0.2) is 10.2 Å². The van der Waals surface area contributed by atoms with Crippen molar-refractivity contribution in [3.8, 4) is 0 Å². The molecule has 1 fully saturated rings. The Morgan fingerprint density at radius 3 is 2.77 bits per heavy atom. The summed E-state index contributed by atoms with van der Waals surface area (Å²) in [5.74, 6) is 0.741. The normalized spacial score (nSPS) is 19.2. The van der Waals surface area contributed by atoms with Crippen LogP contribution in [0.15, 0.2) is 6.07 Å². The van der Waals surface area contributed by atoms with Gasteiger partial charge in [0.1, 0.15) is 0 Å². The molecule has 72 valence electrons. The Hall–Kier alpha value is -0.790. The SMILES string of the molecule is CCc1cc(C2CCCCC2)n[nH]1. The summed E-state index contributed by atoms with van der Waals surface area (Å²) in [7, 11) is 0. The van der Waals surface area contributed by atoms with Gasteiger partial charge in [-0.05, 0) is 25.3 Å². The highest BCUT2D eigenvalue weighted by Gasteiger charge is 2.17. The zero-order valence-corrected chi connectivity index (χ0v) is 8.34. The molecule has 2 heteroatoms. The van der Waals surface area contributed by atoms with Gasteiger partial charge in [0.25, 0.3) is 0 Å². The lowest BCUT2D eigenvalue weighted by atomic mass is 9.87. The summed E-state index contributed by atoms with van der Waals surface area (Å²) < 4.78 is 0. The number of H-pyrrole nitrogens is 1. The number of aryl methyl sites for hydroxylation is 1. The monoisotopic (exact) mass is 178 g/mol. The molecule has 0 radical (unpaired) electrons. The van der Waals surface area contributed by atoms with Gasteiger partial charge >= 0.3 is 0 Å². The average molecular weight is 178 g/mol. The molecule has 1 heterocycles. The second kappa shape index (κ2) is 3.95. The number of hydrogen-bond acceptors (Lipinski definition) is 1. The molecule has 1 aliphatic carbocycles. The van der Waals surface area contributed by atoms with Crippen LogP contribution in [0.25, 0.3) is 0 Å². The number of aromatic nitrogens is 2. The molecule has 1 aromatic heterocycles. The van der Waals surface area contributed by atoms with Gasteiger partial charge < -0.3 is 0 Å². The molecule has 0 saturated heterocycles. The van der Waals surface area contributed by atoms with Crippen LogP contribution >= 0.6 is 0 Å². The highest BCUT2D eigenvalue weighted by molar-refractivity contribution is 5.13. The van der Waals surface area contributed by atoms with Crippen LogP contribution in [0.2, 0.25) is 0 Å². The van der Waals surface area contributed by atoms with Crippen molar-refractivity contribution in [3.63, 3.8) is 0 Å². The quantitative estimate of drug-likeness (QED) is 0.741. The molecule has 0 bridgehead atoms. The predicted molar refractivity (Wildman–Crippen MR) is 53.8 cm³/mol. The number of nitrogens with one attached hydrogen (secondary N) is 1. The molecule has 0 amide bonds. The van der Waals surface area contributed by atoms with E-state index < -0.39 is 0 Å². The maximum Gasteiger partial charge on any atom is 0.0655 e. The smallest absolute Gasteiger partial charge is 0.0655 e. The standard InChI is InChI=1S/C11H18N2/c1-2-10-8-11(13-12-10)9-6-4-3-5-7-9/h8-9H,2-7H2,1H3,(H,12,13). The molecule has 0 aliphatic heterocycles. The zero-order valence-electron chi connectivity index (χ0n) is 8.34. The van der Waals surface area contributed by atoms with E-state index in [1.54, 1.807) is 0 Å². The van der Waals surface area contributed by atoms with Crippen molar-refractivity contribution >= 4 is 0 Å². The van der Waals surface area contributed by atoms with E-state index in [2.05, 4.69) is 23.2 Å². The van der Waals surface area contributed by atoms with Gasteiger partial charge in [0, 0.05) is 11.6 Å². The highest BCUT2D eigenvalue weighted by Crippen LogP contribution is 2.31. The van der Waals surface area contributed by atoms with Gasteiger partial charge in [-0.25, -0.2) is 0 Å². The lowest BCUT2D eigenvalue weighted by molar-refractivity contribution is 0.436. The molecule has 1 N–H and O–H groups in total. The van der Waals surface area contributed by atoms with Gasteiger partial charge in [-0.1, -0.05) is 26.2 Å². The number of rotatable bonds is 2. The van der Waals surface area contributed by atoms with Gasteiger partial charge in [0.2, 0.25) is 0 Å². The number of nitrogens with zero attached hydrogens (tertiary/aromatic N) is 1. The molecule has 0 atom stereocenters. The van der Waals surface area contributed by atoms with Crippen LogP contribution in [0.3, 0.4) is 0 Å². The van der Waals surface area contributed by atoms with Crippen molar-refractivity contribution in [2.24, 2.45) is 0 Å². The van der Waals surface area contributed by atoms with E-state index in [1.165, 1.54) is 43.5 Å². The maximum atomic E-state index is 4.39. The van der Waals surface area contributed by atoms with Crippen molar-refractivity contribution in [1.82, 2.24) is 10.2 Å². The second-order valence-corrected chi connectivity index (χ2v) is 4.01. The summed E-state index contributed by atoms with van der Waals surface area (Å²) >= 11 is 0. The largest absolute Gasteiger partial charge is 0.282 e. The number of hydrogen-bond donors (Lipinski definition) is 1. The second-order valence-electron chi connectivity index (χ2n) is 4.01. The Balaban J connectivity index is 2.05. The van der Waals surface area contributed by atoms with E-state index in [1.807, 2.05) is 0 Å². The first-order valence-electron chi connectivity index (χ1n) is 5.44. The molecule has 0 unspecified atom stereocenters. The third kappa shape index (κ3) is 1.93. The summed E-state index contributed by atoms with van der Waals surface area (Å²) in [5, 5.41) is 7.49. The van der Waals surface area contributed by atoms with E-state index in [0.717, 1.165) is 12.3 Å². The van der Waals surface area contributed by atoms with Crippen molar-refractivity contribution in [3.05, 3.63) is 17.5 Å². The fourth-order valence-corrected chi connectivity index (χ4v) is 2.17. The molecular formula is C11H18N2. The van der Waals surface area contributed by atoms with Crippen LogP contribution in [0.4, 0.5) is 0 Å². The van der Waals surface area contributed by atoms with Crippen molar-refractivity contribution in [2.75, 3.05) is 0 Å². The fraction of sp³-hybridized carbons (Fsp3) is 0.727. The lowest BCUT2D eigenvalue weighted by Crippen LogP contribution is -2.04. The first-order valence-corrected chi connectivity index (χ1v) is 5.44. The topological polar surface area (TPSA) is 28.7 Å². The van der Waals surface area contributed by atoms with Crippen LogP contribution < -0.4 is 0 Å². The molecule has 1 aliphatic rings. The summed E-state index contributed by atoms with van der Waals surface area (Å²) in [4.78, 5) is 0. The third-order valence-electron chi connectivity index (χ3n) is 3.06. The fourth-order valence-electron chi connectivity index (χ4n) is 2.17. The molecule has 1 saturated carbocycles. The predicted octanol–water partition coefficient (Wildman–Crippen LogP) is 3.02. The third-order valence-corrected chi connectivity index (χ3v) is 3.06. The van der Waals surface area contributed by atoms with Crippen molar-refractivity contribution in [2.45, 2.75) is 51.4 Å². The zero-order chi connectivity index (χ0) is 9.10. The lowest BCUT2D eigenvalue weighted by Gasteiger charge is -2.19. The minimum Gasteiger partial charge on any atom is -0.282 e. The average Bonchev–Trinajstić information content (AvgIpc) is 2.67. The summed E-state index contributed by atoms with van der Waals surface area (Å²) in [5.41, 5.74) is 2.58. The van der Waals surface area contributed by atoms with Gasteiger partial charge in [0.15, 0.2) is 0 Å². The summed E-state index contributed by atoms with van der Waals surface area (Å²) in [6, 6.07) is 2.25. The molecule has 1 aromatic rings. The van der Waals surface area contributed by atoms with Crippen LogP contribution in [-0.2, 0) is 6.42 Å². The van der Waals surface area contributed by atoms with Gasteiger partial charge in [-0.3, -0.25) is 5.10 Å². The minimum absolute atomic E-state index is 0.741. The van der Waals surface area contributed by atoms with Crippen LogP contribution in [0.5, 0.6) is 0 Å². The Morgan fingerprint density at radius 1 is 1.38 bits per heavy atom. The summed E-state index contributed by atoms with van der Waals surface area (Å²) in [6.07, 6.45) is 7.95. The number of aromatic amines is 1. The maximum absolute atomic E-state index is 4.39. The Bertz CT molecular complexity index is 259.